The first-order valence-electron chi connectivity index (χ1n) is 9.06. The molecule has 0 bridgehead atoms. The molecule has 1 aliphatic rings. The number of piperidine rings is 1. The lowest BCUT2D eigenvalue weighted by Crippen LogP contribution is -2.45. The number of aryl methyl sites for hydroxylation is 1. The van der Waals surface area contributed by atoms with E-state index in [1.807, 2.05) is 12.4 Å². The summed E-state index contributed by atoms with van der Waals surface area (Å²) in [6.07, 6.45) is 9.39. The average molecular weight is 324 g/mol. The Morgan fingerprint density at radius 1 is 1.04 bits per heavy atom. The number of aromatic nitrogens is 1. The average Bonchev–Trinajstić information content (AvgIpc) is 2.64. The number of likely N-dealkylation sites (tertiary alicyclic amines) is 1. The lowest BCUT2D eigenvalue weighted by molar-refractivity contribution is 0.0208. The summed E-state index contributed by atoms with van der Waals surface area (Å²) in [7, 11) is 0. The normalized spacial score (nSPS) is 21.7. The van der Waals surface area contributed by atoms with E-state index in [-0.39, 0.29) is 5.41 Å². The van der Waals surface area contributed by atoms with E-state index in [1.165, 1.54) is 17.5 Å². The van der Waals surface area contributed by atoms with Crippen molar-refractivity contribution >= 4 is 0 Å². The number of pyridine rings is 1. The van der Waals surface area contributed by atoms with Crippen molar-refractivity contribution < 1.29 is 5.11 Å². The van der Waals surface area contributed by atoms with E-state index in [0.717, 1.165) is 45.3 Å². The first-order valence-corrected chi connectivity index (χ1v) is 9.06. The van der Waals surface area contributed by atoms with Crippen LogP contribution in [0.1, 0.15) is 36.8 Å². The van der Waals surface area contributed by atoms with E-state index in [2.05, 4.69) is 52.3 Å². The predicted molar refractivity (Wildman–Crippen MR) is 97.6 cm³/mol. The van der Waals surface area contributed by atoms with Crippen molar-refractivity contribution in [1.82, 2.24) is 9.88 Å². The molecule has 1 N–H and O–H groups in total. The van der Waals surface area contributed by atoms with E-state index >= 15 is 0 Å². The van der Waals surface area contributed by atoms with Gasteiger partial charge in [-0.3, -0.25) is 9.88 Å². The monoisotopic (exact) mass is 324 g/mol. The molecule has 0 saturated carbocycles. The van der Waals surface area contributed by atoms with Crippen LogP contribution in [0.4, 0.5) is 0 Å². The van der Waals surface area contributed by atoms with E-state index < -0.39 is 0 Å². The number of rotatable bonds is 7. The minimum atomic E-state index is 0.0695. The smallest absolute Gasteiger partial charge is 0.0499 e. The first-order chi connectivity index (χ1) is 11.8. The summed E-state index contributed by atoms with van der Waals surface area (Å²) in [6.45, 7) is 3.39. The third-order valence-electron chi connectivity index (χ3n) is 5.25. The van der Waals surface area contributed by atoms with Crippen molar-refractivity contribution in [1.29, 1.82) is 0 Å². The van der Waals surface area contributed by atoms with Gasteiger partial charge in [0.15, 0.2) is 0 Å². The number of benzene rings is 1. The molecule has 1 saturated heterocycles. The van der Waals surface area contributed by atoms with Crippen LogP contribution in [0.3, 0.4) is 0 Å². The minimum absolute atomic E-state index is 0.0695. The van der Waals surface area contributed by atoms with Gasteiger partial charge in [0, 0.05) is 37.5 Å². The standard InChI is InChI=1S/C21H28N2O/c24-18-21(11-4-8-19-6-2-1-3-7-19)12-5-15-23(17-21)16-20-9-13-22-14-10-20/h1-3,6-7,9-10,13-14,24H,4-5,8,11-12,15-18H2. The van der Waals surface area contributed by atoms with Gasteiger partial charge in [0.2, 0.25) is 0 Å². The van der Waals surface area contributed by atoms with Crippen LogP contribution < -0.4 is 0 Å². The Balaban J connectivity index is 1.55. The summed E-state index contributed by atoms with van der Waals surface area (Å²) in [4.78, 5) is 6.59. The van der Waals surface area contributed by atoms with E-state index in [4.69, 9.17) is 0 Å². The highest BCUT2D eigenvalue weighted by Crippen LogP contribution is 2.35. The fourth-order valence-electron chi connectivity index (χ4n) is 3.92. The molecule has 1 atom stereocenters. The summed E-state index contributed by atoms with van der Waals surface area (Å²) in [5.41, 5.74) is 2.78. The zero-order chi connectivity index (χ0) is 16.7. The fraction of sp³-hybridized carbons (Fsp3) is 0.476. The molecule has 3 nitrogen and oxygen atoms in total. The first kappa shape index (κ1) is 17.1. The van der Waals surface area contributed by atoms with Crippen molar-refractivity contribution in [3.63, 3.8) is 0 Å². The molecule has 1 unspecified atom stereocenters. The van der Waals surface area contributed by atoms with Crippen LogP contribution >= 0.6 is 0 Å². The predicted octanol–water partition coefficient (Wildman–Crippen LogP) is 3.68. The van der Waals surface area contributed by atoms with Crippen LogP contribution in [0.15, 0.2) is 54.9 Å². The van der Waals surface area contributed by atoms with Crippen molar-refractivity contribution in [2.75, 3.05) is 19.7 Å². The van der Waals surface area contributed by atoms with Crippen molar-refractivity contribution in [2.24, 2.45) is 5.41 Å². The molecule has 1 aromatic carbocycles. The van der Waals surface area contributed by atoms with Gasteiger partial charge < -0.3 is 5.11 Å². The van der Waals surface area contributed by atoms with Crippen molar-refractivity contribution in [2.45, 2.75) is 38.6 Å². The van der Waals surface area contributed by atoms with Gasteiger partial charge in [-0.15, -0.1) is 0 Å². The van der Waals surface area contributed by atoms with E-state index in [9.17, 15) is 5.11 Å². The fourth-order valence-corrected chi connectivity index (χ4v) is 3.92. The maximum atomic E-state index is 10.1. The second-order valence-corrected chi connectivity index (χ2v) is 7.17. The highest BCUT2D eigenvalue weighted by Gasteiger charge is 2.34. The second-order valence-electron chi connectivity index (χ2n) is 7.17. The minimum Gasteiger partial charge on any atom is -0.396 e. The molecule has 128 valence electrons. The Bertz CT molecular complexity index is 602. The highest BCUT2D eigenvalue weighted by molar-refractivity contribution is 5.14. The number of nitrogens with zero attached hydrogens (tertiary/aromatic N) is 2. The Kier molecular flexibility index (Phi) is 6.00. The number of hydrogen-bond donors (Lipinski definition) is 1. The zero-order valence-electron chi connectivity index (χ0n) is 14.4. The molecule has 0 radical (unpaired) electrons. The summed E-state index contributed by atoms with van der Waals surface area (Å²) in [5.74, 6) is 0. The Morgan fingerprint density at radius 3 is 2.58 bits per heavy atom. The van der Waals surface area contributed by atoms with Crippen LogP contribution in [-0.4, -0.2) is 34.7 Å². The van der Waals surface area contributed by atoms with E-state index in [0.29, 0.717) is 6.61 Å². The summed E-state index contributed by atoms with van der Waals surface area (Å²) in [5, 5.41) is 10.1. The van der Waals surface area contributed by atoms with Gasteiger partial charge in [0.05, 0.1) is 0 Å². The second kappa shape index (κ2) is 8.41. The zero-order valence-corrected chi connectivity index (χ0v) is 14.4. The number of hydrogen-bond acceptors (Lipinski definition) is 3. The van der Waals surface area contributed by atoms with Gasteiger partial charge in [-0.2, -0.15) is 0 Å². The van der Waals surface area contributed by atoms with Gasteiger partial charge in [-0.05, 0) is 61.9 Å². The third-order valence-corrected chi connectivity index (χ3v) is 5.25. The third kappa shape index (κ3) is 4.65. The SMILES string of the molecule is OCC1(CCCc2ccccc2)CCCN(Cc2ccncc2)C1. The highest BCUT2D eigenvalue weighted by atomic mass is 16.3. The Morgan fingerprint density at radius 2 is 1.83 bits per heavy atom. The van der Waals surface area contributed by atoms with Gasteiger partial charge in [-0.25, -0.2) is 0 Å². The molecule has 2 aromatic rings. The molecular weight excluding hydrogens is 296 g/mol. The molecule has 1 aliphatic heterocycles. The van der Waals surface area contributed by atoms with Crippen molar-refractivity contribution in [3.05, 3.63) is 66.0 Å². The summed E-state index contributed by atoms with van der Waals surface area (Å²) < 4.78 is 0. The maximum Gasteiger partial charge on any atom is 0.0499 e. The van der Waals surface area contributed by atoms with Crippen LogP contribution in [0.5, 0.6) is 0 Å². The number of aliphatic hydroxyl groups is 1. The molecule has 1 aromatic heterocycles. The molecular formula is C21H28N2O. The van der Waals surface area contributed by atoms with Gasteiger partial charge >= 0.3 is 0 Å². The van der Waals surface area contributed by atoms with E-state index in [1.54, 1.807) is 0 Å². The van der Waals surface area contributed by atoms with Crippen LogP contribution in [-0.2, 0) is 13.0 Å². The Labute approximate surface area is 145 Å². The number of aliphatic hydroxyl groups excluding tert-OH is 1. The molecule has 24 heavy (non-hydrogen) atoms. The molecule has 0 spiro atoms. The lowest BCUT2D eigenvalue weighted by Gasteiger charge is -2.42. The molecule has 1 fully saturated rings. The molecule has 2 heterocycles. The maximum absolute atomic E-state index is 10.1. The topological polar surface area (TPSA) is 36.4 Å². The lowest BCUT2D eigenvalue weighted by atomic mass is 9.76. The molecule has 3 rings (SSSR count). The van der Waals surface area contributed by atoms with Crippen LogP contribution in [0.25, 0.3) is 0 Å². The largest absolute Gasteiger partial charge is 0.396 e. The summed E-state index contributed by atoms with van der Waals surface area (Å²) in [6, 6.07) is 14.8. The Hall–Kier alpha value is -1.71. The summed E-state index contributed by atoms with van der Waals surface area (Å²) >= 11 is 0. The van der Waals surface area contributed by atoms with Gasteiger partial charge in [0.1, 0.15) is 0 Å². The van der Waals surface area contributed by atoms with Gasteiger partial charge in [0.25, 0.3) is 0 Å². The molecule has 0 aliphatic carbocycles. The van der Waals surface area contributed by atoms with Crippen molar-refractivity contribution in [3.8, 4) is 0 Å². The van der Waals surface area contributed by atoms with Crippen LogP contribution in [0, 0.1) is 5.41 Å². The van der Waals surface area contributed by atoms with Crippen LogP contribution in [0.2, 0.25) is 0 Å². The van der Waals surface area contributed by atoms with Gasteiger partial charge in [-0.1, -0.05) is 30.3 Å². The quantitative estimate of drug-likeness (QED) is 0.844. The molecule has 0 amide bonds. The molecule has 3 heteroatoms.